The molecule has 1 aromatic carbocycles. The molecule has 4 nitrogen and oxygen atoms in total. The Bertz CT molecular complexity index is 903. The van der Waals surface area contributed by atoms with Crippen LogP contribution < -0.4 is 0 Å². The Kier molecular flexibility index (Phi) is 4.48. The minimum atomic E-state index is -0.300. The largest absolute Gasteiger partial charge is 0.217 e. The molecule has 1 aliphatic rings. The van der Waals surface area contributed by atoms with Crippen LogP contribution in [-0.4, -0.2) is 20.0 Å². The van der Waals surface area contributed by atoms with Gasteiger partial charge in [-0.05, 0) is 56.0 Å². The van der Waals surface area contributed by atoms with Gasteiger partial charge in [0.15, 0.2) is 5.82 Å². The molecule has 0 unspecified atom stereocenters. The summed E-state index contributed by atoms with van der Waals surface area (Å²) in [6.45, 7) is 2.07. The average Bonchev–Trinajstić information content (AvgIpc) is 3.18. The van der Waals surface area contributed by atoms with E-state index in [2.05, 4.69) is 22.2 Å². The van der Waals surface area contributed by atoms with Crippen LogP contribution in [0.15, 0.2) is 35.4 Å². The third-order valence-electron chi connectivity index (χ3n) is 4.43. The second-order valence-corrected chi connectivity index (χ2v) is 7.40. The maximum Gasteiger partial charge on any atom is 0.176 e. The van der Waals surface area contributed by atoms with Crippen molar-refractivity contribution in [1.82, 2.24) is 20.0 Å². The monoisotopic (exact) mass is 374 g/mol. The van der Waals surface area contributed by atoms with Gasteiger partial charge in [0.25, 0.3) is 0 Å². The number of rotatable bonds is 4. The number of thioether (sulfide) groups is 1. The topological polar surface area (TPSA) is 43.6 Å². The van der Waals surface area contributed by atoms with Crippen LogP contribution in [0.2, 0.25) is 5.02 Å². The van der Waals surface area contributed by atoms with Gasteiger partial charge in [-0.3, -0.25) is 0 Å². The van der Waals surface area contributed by atoms with Crippen molar-refractivity contribution in [3.05, 3.63) is 63.7 Å². The first-order valence-corrected chi connectivity index (χ1v) is 9.47. The van der Waals surface area contributed by atoms with E-state index in [-0.39, 0.29) is 5.82 Å². The van der Waals surface area contributed by atoms with Crippen molar-refractivity contribution >= 4 is 23.4 Å². The summed E-state index contributed by atoms with van der Waals surface area (Å²) in [6, 6.07) is 8.48. The van der Waals surface area contributed by atoms with Crippen LogP contribution in [0.3, 0.4) is 0 Å². The summed E-state index contributed by atoms with van der Waals surface area (Å²) in [5.41, 5.74) is 4.14. The van der Waals surface area contributed by atoms with E-state index in [1.165, 1.54) is 35.5 Å². The summed E-state index contributed by atoms with van der Waals surface area (Å²) >= 11 is 7.46. The van der Waals surface area contributed by atoms with E-state index in [1.54, 1.807) is 12.1 Å². The number of halogens is 2. The van der Waals surface area contributed by atoms with Crippen LogP contribution in [0.25, 0.3) is 5.82 Å². The lowest BCUT2D eigenvalue weighted by atomic mass is 10.2. The van der Waals surface area contributed by atoms with Crippen molar-refractivity contribution < 1.29 is 4.39 Å². The Labute approximate surface area is 154 Å². The molecule has 0 amide bonds. The van der Waals surface area contributed by atoms with Crippen LogP contribution in [0.1, 0.15) is 28.9 Å². The van der Waals surface area contributed by atoms with Gasteiger partial charge in [0.05, 0.1) is 5.69 Å². The van der Waals surface area contributed by atoms with Crippen LogP contribution in [0.5, 0.6) is 0 Å². The van der Waals surface area contributed by atoms with E-state index in [9.17, 15) is 4.39 Å². The predicted molar refractivity (Wildman–Crippen MR) is 96.9 cm³/mol. The van der Waals surface area contributed by atoms with E-state index in [0.717, 1.165) is 23.6 Å². The molecule has 0 N–H and O–H groups in total. The van der Waals surface area contributed by atoms with Gasteiger partial charge in [-0.2, -0.15) is 5.10 Å². The lowest BCUT2D eigenvalue weighted by molar-refractivity contribution is 0.617. The van der Waals surface area contributed by atoms with Gasteiger partial charge in [-0.25, -0.2) is 9.07 Å². The molecule has 25 heavy (non-hydrogen) atoms. The van der Waals surface area contributed by atoms with E-state index in [0.29, 0.717) is 22.2 Å². The quantitative estimate of drug-likeness (QED) is 0.628. The fourth-order valence-electron chi connectivity index (χ4n) is 3.09. The summed E-state index contributed by atoms with van der Waals surface area (Å²) in [6.07, 6.45) is 3.30. The van der Waals surface area contributed by atoms with E-state index < -0.39 is 0 Å². The lowest BCUT2D eigenvalue weighted by Crippen LogP contribution is -2.04. The van der Waals surface area contributed by atoms with Gasteiger partial charge in [-0.15, -0.1) is 10.2 Å². The van der Waals surface area contributed by atoms with Crippen molar-refractivity contribution in [2.24, 2.45) is 0 Å². The third kappa shape index (κ3) is 3.16. The van der Waals surface area contributed by atoms with Crippen molar-refractivity contribution in [2.45, 2.75) is 37.0 Å². The number of fused-ring (bicyclic) bond motifs is 1. The van der Waals surface area contributed by atoms with Gasteiger partial charge >= 0.3 is 0 Å². The molecule has 0 saturated heterocycles. The molecule has 1 aliphatic carbocycles. The fraction of sp³-hybridized carbons (Fsp3) is 0.278. The van der Waals surface area contributed by atoms with Crippen LogP contribution >= 0.6 is 23.4 Å². The van der Waals surface area contributed by atoms with Gasteiger partial charge < -0.3 is 0 Å². The molecule has 4 rings (SSSR count). The average molecular weight is 375 g/mol. The molecule has 0 fully saturated rings. The zero-order valence-corrected chi connectivity index (χ0v) is 15.2. The second kappa shape index (κ2) is 6.77. The van der Waals surface area contributed by atoms with Crippen molar-refractivity contribution in [3.8, 4) is 5.82 Å². The first-order valence-electron chi connectivity index (χ1n) is 8.10. The molecular formula is C18H16ClFN4S. The molecule has 0 aliphatic heterocycles. The molecule has 7 heteroatoms. The summed E-state index contributed by atoms with van der Waals surface area (Å²) in [7, 11) is 0. The molecule has 0 bridgehead atoms. The molecule has 128 valence electrons. The summed E-state index contributed by atoms with van der Waals surface area (Å²) in [5, 5.41) is 14.3. The highest BCUT2D eigenvalue weighted by Crippen LogP contribution is 2.28. The lowest BCUT2D eigenvalue weighted by Gasteiger charge is -2.06. The van der Waals surface area contributed by atoms with Crippen molar-refractivity contribution in [2.75, 3.05) is 0 Å². The van der Waals surface area contributed by atoms with Crippen LogP contribution in [0.4, 0.5) is 4.39 Å². The maximum absolute atomic E-state index is 13.8. The van der Waals surface area contributed by atoms with E-state index in [4.69, 9.17) is 11.6 Å². The zero-order valence-electron chi connectivity index (χ0n) is 13.7. The Morgan fingerprint density at radius 3 is 2.80 bits per heavy atom. The Morgan fingerprint density at radius 1 is 1.20 bits per heavy atom. The minimum absolute atomic E-state index is 0.300. The Hall–Kier alpha value is -1.92. The molecule has 0 saturated carbocycles. The SMILES string of the molecule is Cc1c2c(nn1-c1ccc(SCc3c(F)cccc3Cl)nn1)CCC2. The van der Waals surface area contributed by atoms with Gasteiger partial charge in [-0.1, -0.05) is 29.4 Å². The molecule has 3 aromatic rings. The standard InChI is InChI=1S/C18H16ClFN4S/c1-11-12-4-2-7-16(12)23-24(11)17-8-9-18(22-21-17)25-10-13-14(19)5-3-6-15(13)20/h3,5-6,8-9H,2,4,7,10H2,1H3. The summed E-state index contributed by atoms with van der Waals surface area (Å²) in [4.78, 5) is 0. The molecule has 2 heterocycles. The fourth-order valence-corrected chi connectivity index (χ4v) is 4.25. The number of hydrogen-bond acceptors (Lipinski definition) is 4. The number of nitrogens with zero attached hydrogens (tertiary/aromatic N) is 4. The van der Waals surface area contributed by atoms with Gasteiger partial charge in [0.2, 0.25) is 0 Å². The highest BCUT2D eigenvalue weighted by Gasteiger charge is 2.20. The van der Waals surface area contributed by atoms with Crippen molar-refractivity contribution in [3.63, 3.8) is 0 Å². The molecule has 0 atom stereocenters. The molecule has 0 spiro atoms. The third-order valence-corrected chi connectivity index (χ3v) is 5.73. The molecule has 2 aromatic heterocycles. The number of aryl methyl sites for hydroxylation is 1. The highest BCUT2D eigenvalue weighted by molar-refractivity contribution is 7.98. The van der Waals surface area contributed by atoms with E-state index >= 15 is 0 Å². The highest BCUT2D eigenvalue weighted by atomic mass is 35.5. The normalized spacial score (nSPS) is 13.2. The molecule has 0 radical (unpaired) electrons. The summed E-state index contributed by atoms with van der Waals surface area (Å²) < 4.78 is 15.7. The van der Waals surface area contributed by atoms with Gasteiger partial charge in [0.1, 0.15) is 10.8 Å². The Balaban J connectivity index is 1.51. The first kappa shape index (κ1) is 16.5. The Morgan fingerprint density at radius 2 is 2.08 bits per heavy atom. The number of aromatic nitrogens is 4. The minimum Gasteiger partial charge on any atom is -0.217 e. The maximum atomic E-state index is 13.8. The second-order valence-electron chi connectivity index (χ2n) is 5.99. The molecular weight excluding hydrogens is 359 g/mol. The van der Waals surface area contributed by atoms with Gasteiger partial charge in [0, 0.05) is 22.0 Å². The first-order chi connectivity index (χ1) is 12.1. The van der Waals surface area contributed by atoms with Crippen LogP contribution in [-0.2, 0) is 18.6 Å². The zero-order chi connectivity index (χ0) is 17.4. The number of hydrogen-bond donors (Lipinski definition) is 0. The van der Waals surface area contributed by atoms with E-state index in [1.807, 2.05) is 16.8 Å². The number of benzene rings is 1. The van der Waals surface area contributed by atoms with Crippen LogP contribution in [0, 0.1) is 12.7 Å². The smallest absolute Gasteiger partial charge is 0.176 e. The van der Waals surface area contributed by atoms with Crippen molar-refractivity contribution in [1.29, 1.82) is 0 Å². The summed E-state index contributed by atoms with van der Waals surface area (Å²) in [5.74, 6) is 0.820. The predicted octanol–water partition coefficient (Wildman–Crippen LogP) is 4.54.